The smallest absolute Gasteiger partial charge is 0.127 e. The highest BCUT2D eigenvalue weighted by Gasteiger charge is 2.23. The molecule has 2 atom stereocenters. The molecule has 1 aliphatic rings. The Balaban J connectivity index is 1.58. The van der Waals surface area contributed by atoms with Crippen molar-refractivity contribution in [1.82, 2.24) is 9.80 Å². The van der Waals surface area contributed by atoms with Crippen LogP contribution in [0.15, 0.2) is 48.5 Å². The Morgan fingerprint density at radius 3 is 2.00 bits per heavy atom. The molecular weight excluding hydrogens is 396 g/mol. The maximum Gasteiger partial charge on any atom is 0.127 e. The minimum atomic E-state index is 0.472. The summed E-state index contributed by atoms with van der Waals surface area (Å²) in [6, 6.07) is 17.4. The third-order valence-corrected chi connectivity index (χ3v) is 5.98. The molecule has 0 saturated heterocycles. The minimum absolute atomic E-state index is 0.472. The van der Waals surface area contributed by atoms with Crippen LogP contribution >= 0.6 is 0 Å². The number of fused-ring (bicyclic) bond motifs is 3. The minimum Gasteiger partial charge on any atom is -0.493 e. The zero-order valence-electron chi connectivity index (χ0n) is 20.3. The third kappa shape index (κ3) is 4.77. The van der Waals surface area contributed by atoms with Gasteiger partial charge >= 0.3 is 0 Å². The van der Waals surface area contributed by atoms with E-state index in [2.05, 4.69) is 100 Å². The van der Waals surface area contributed by atoms with E-state index in [-0.39, 0.29) is 0 Å². The molecule has 4 heteroatoms. The molecule has 4 nitrogen and oxygen atoms in total. The van der Waals surface area contributed by atoms with E-state index in [1.54, 1.807) is 0 Å². The van der Waals surface area contributed by atoms with Gasteiger partial charge < -0.3 is 19.3 Å². The Bertz CT molecular complexity index is 1090. The zero-order valence-corrected chi connectivity index (χ0v) is 20.3. The molecule has 0 saturated carbocycles. The molecule has 0 spiro atoms. The molecular formula is C28H36N2O2. The quantitative estimate of drug-likeness (QED) is 0.324. The van der Waals surface area contributed by atoms with Crippen molar-refractivity contribution in [2.75, 3.05) is 54.5 Å². The Kier molecular flexibility index (Phi) is 6.73. The van der Waals surface area contributed by atoms with Crippen LogP contribution in [0.5, 0.6) is 11.5 Å². The van der Waals surface area contributed by atoms with Crippen LogP contribution in [0.3, 0.4) is 0 Å². The predicted molar refractivity (Wildman–Crippen MR) is 135 cm³/mol. The molecule has 0 bridgehead atoms. The van der Waals surface area contributed by atoms with E-state index in [1.165, 1.54) is 33.0 Å². The summed E-state index contributed by atoms with van der Waals surface area (Å²) in [6.07, 6.45) is 0. The molecule has 170 valence electrons. The lowest BCUT2D eigenvalue weighted by Gasteiger charge is -2.18. The highest BCUT2D eigenvalue weighted by atomic mass is 16.5. The monoisotopic (exact) mass is 432 g/mol. The van der Waals surface area contributed by atoms with Crippen LogP contribution in [0.25, 0.3) is 33.0 Å². The van der Waals surface area contributed by atoms with Gasteiger partial charge in [0, 0.05) is 35.7 Å². The number of hydrogen-bond donors (Lipinski definition) is 0. The second-order valence-corrected chi connectivity index (χ2v) is 9.90. The number of nitrogens with zero attached hydrogens (tertiary/aromatic N) is 2. The van der Waals surface area contributed by atoms with Gasteiger partial charge in [-0.05, 0) is 68.6 Å². The van der Waals surface area contributed by atoms with Crippen LogP contribution in [0.2, 0.25) is 0 Å². The fourth-order valence-corrected chi connectivity index (χ4v) is 4.85. The van der Waals surface area contributed by atoms with Gasteiger partial charge in [0.25, 0.3) is 0 Å². The van der Waals surface area contributed by atoms with Crippen molar-refractivity contribution in [1.29, 1.82) is 0 Å². The SMILES string of the molecule is CC(COc1ccc2c(c1)-c1ccc(OCC(C)CN(C)C)c3cccc-2c13)CN(C)C. The molecule has 0 N–H and O–H groups in total. The van der Waals surface area contributed by atoms with Crippen LogP contribution in [-0.2, 0) is 0 Å². The van der Waals surface area contributed by atoms with E-state index in [0.717, 1.165) is 31.2 Å². The molecule has 0 heterocycles. The van der Waals surface area contributed by atoms with Gasteiger partial charge in [-0.1, -0.05) is 44.2 Å². The number of rotatable bonds is 10. The van der Waals surface area contributed by atoms with E-state index in [1.807, 2.05) is 0 Å². The first kappa shape index (κ1) is 22.6. The highest BCUT2D eigenvalue weighted by Crippen LogP contribution is 2.50. The summed E-state index contributed by atoms with van der Waals surface area (Å²) in [5, 5.41) is 2.48. The van der Waals surface area contributed by atoms with Crippen molar-refractivity contribution in [3.8, 4) is 33.8 Å². The molecule has 4 rings (SSSR count). The normalized spacial score (nSPS) is 14.1. The van der Waals surface area contributed by atoms with E-state index in [4.69, 9.17) is 9.47 Å². The van der Waals surface area contributed by atoms with E-state index < -0.39 is 0 Å². The van der Waals surface area contributed by atoms with Gasteiger partial charge in [-0.3, -0.25) is 0 Å². The third-order valence-electron chi connectivity index (χ3n) is 5.98. The topological polar surface area (TPSA) is 24.9 Å². The number of ether oxygens (including phenoxy) is 2. The molecule has 0 amide bonds. The first-order valence-corrected chi connectivity index (χ1v) is 11.6. The molecule has 0 fully saturated rings. The molecule has 3 aromatic rings. The summed E-state index contributed by atoms with van der Waals surface area (Å²) in [7, 11) is 8.41. The van der Waals surface area contributed by atoms with Gasteiger partial charge in [0.1, 0.15) is 11.5 Å². The van der Waals surface area contributed by atoms with Crippen molar-refractivity contribution in [3.63, 3.8) is 0 Å². The number of hydrogen-bond acceptors (Lipinski definition) is 4. The zero-order chi connectivity index (χ0) is 22.8. The fourth-order valence-electron chi connectivity index (χ4n) is 4.85. The summed E-state index contributed by atoms with van der Waals surface area (Å²) in [5.74, 6) is 2.86. The Morgan fingerprint density at radius 1 is 0.688 bits per heavy atom. The Morgan fingerprint density at radius 2 is 1.31 bits per heavy atom. The molecule has 32 heavy (non-hydrogen) atoms. The van der Waals surface area contributed by atoms with Gasteiger partial charge in [0.15, 0.2) is 0 Å². The van der Waals surface area contributed by atoms with E-state index in [0.29, 0.717) is 18.4 Å². The largest absolute Gasteiger partial charge is 0.493 e. The van der Waals surface area contributed by atoms with Gasteiger partial charge in [0.2, 0.25) is 0 Å². The van der Waals surface area contributed by atoms with Crippen molar-refractivity contribution in [3.05, 3.63) is 48.5 Å². The second-order valence-electron chi connectivity index (χ2n) is 9.90. The molecule has 3 aromatic carbocycles. The summed E-state index contributed by atoms with van der Waals surface area (Å²) in [4.78, 5) is 4.41. The summed E-state index contributed by atoms with van der Waals surface area (Å²) >= 11 is 0. The van der Waals surface area contributed by atoms with Gasteiger partial charge in [-0.2, -0.15) is 0 Å². The second kappa shape index (κ2) is 9.51. The van der Waals surface area contributed by atoms with Crippen molar-refractivity contribution in [2.24, 2.45) is 11.8 Å². The van der Waals surface area contributed by atoms with Gasteiger partial charge in [0.05, 0.1) is 13.2 Å². The number of benzene rings is 3. The van der Waals surface area contributed by atoms with Gasteiger partial charge in [-0.15, -0.1) is 0 Å². The lowest BCUT2D eigenvalue weighted by atomic mass is 10.0. The highest BCUT2D eigenvalue weighted by molar-refractivity contribution is 6.16. The summed E-state index contributed by atoms with van der Waals surface area (Å²) in [6.45, 7) is 7.93. The van der Waals surface area contributed by atoms with Crippen molar-refractivity contribution in [2.45, 2.75) is 13.8 Å². The lowest BCUT2D eigenvalue weighted by Crippen LogP contribution is -2.24. The van der Waals surface area contributed by atoms with E-state index >= 15 is 0 Å². The van der Waals surface area contributed by atoms with Crippen molar-refractivity contribution < 1.29 is 9.47 Å². The Labute approximate surface area is 192 Å². The molecule has 1 aliphatic carbocycles. The molecule has 0 aromatic heterocycles. The lowest BCUT2D eigenvalue weighted by molar-refractivity contribution is 0.222. The van der Waals surface area contributed by atoms with E-state index in [9.17, 15) is 0 Å². The fraction of sp³-hybridized carbons (Fsp3) is 0.429. The average molecular weight is 433 g/mol. The predicted octanol–water partition coefficient (Wildman–Crippen LogP) is 5.64. The average Bonchev–Trinajstić information content (AvgIpc) is 3.06. The standard InChI is InChI=1S/C28H36N2O2/c1-19(15-29(3)4)17-31-21-10-11-22-23-8-7-9-25-27(32-18-20(2)16-30(5)6)13-12-24(28(23)25)26(22)14-21/h7-14,19-20H,15-18H2,1-6H3. The maximum absolute atomic E-state index is 6.28. The maximum atomic E-state index is 6.28. The molecule has 2 unspecified atom stereocenters. The van der Waals surface area contributed by atoms with Crippen LogP contribution < -0.4 is 9.47 Å². The summed E-state index contributed by atoms with van der Waals surface area (Å²) in [5.41, 5.74) is 5.08. The molecule has 0 radical (unpaired) electrons. The first-order chi connectivity index (χ1) is 15.3. The molecule has 0 aliphatic heterocycles. The van der Waals surface area contributed by atoms with Crippen LogP contribution in [0, 0.1) is 11.8 Å². The summed E-state index contributed by atoms with van der Waals surface area (Å²) < 4.78 is 12.4. The van der Waals surface area contributed by atoms with Crippen LogP contribution in [0.4, 0.5) is 0 Å². The first-order valence-electron chi connectivity index (χ1n) is 11.6. The van der Waals surface area contributed by atoms with Gasteiger partial charge in [-0.25, -0.2) is 0 Å². The van der Waals surface area contributed by atoms with Crippen molar-refractivity contribution >= 4 is 10.8 Å². The van der Waals surface area contributed by atoms with Crippen LogP contribution in [-0.4, -0.2) is 64.3 Å². The Hall–Kier alpha value is -2.56. The van der Waals surface area contributed by atoms with Crippen LogP contribution in [0.1, 0.15) is 13.8 Å².